The van der Waals surface area contributed by atoms with Crippen molar-refractivity contribution in [3.63, 3.8) is 0 Å². The molecule has 0 fully saturated rings. The Morgan fingerprint density at radius 1 is 0.920 bits per heavy atom. The average molecular weight is 346 g/mol. The topological polar surface area (TPSA) is 86.6 Å². The number of phenols is 2. The van der Waals surface area contributed by atoms with Crippen molar-refractivity contribution in [2.75, 3.05) is 27.9 Å². The number of rotatable bonds is 3. The molecule has 2 aromatic carbocycles. The van der Waals surface area contributed by atoms with Gasteiger partial charge in [-0.25, -0.2) is 0 Å². The second-order valence-corrected chi connectivity index (χ2v) is 5.90. The third-order valence-corrected chi connectivity index (χ3v) is 4.65. The minimum Gasteiger partial charge on any atom is -0.504 e. The molecule has 0 radical (unpaired) electrons. The molecule has 0 amide bonds. The highest BCUT2D eigenvalue weighted by Gasteiger charge is 2.44. The summed E-state index contributed by atoms with van der Waals surface area (Å²) >= 11 is 0. The van der Waals surface area contributed by atoms with Gasteiger partial charge in [0.2, 0.25) is 11.5 Å². The Hall–Kier alpha value is -2.96. The molecule has 0 aliphatic carbocycles. The Labute approximate surface area is 144 Å². The van der Waals surface area contributed by atoms with Crippen molar-refractivity contribution in [3.05, 3.63) is 29.3 Å². The molecule has 0 saturated heterocycles. The van der Waals surface area contributed by atoms with Crippen molar-refractivity contribution in [1.29, 1.82) is 0 Å². The summed E-state index contributed by atoms with van der Waals surface area (Å²) in [5.74, 6) is 1.86. The fourth-order valence-electron chi connectivity index (χ4n) is 3.49. The van der Waals surface area contributed by atoms with E-state index in [4.69, 9.17) is 23.7 Å². The van der Waals surface area contributed by atoms with E-state index in [-0.39, 0.29) is 29.3 Å². The molecule has 7 nitrogen and oxygen atoms in total. The van der Waals surface area contributed by atoms with Gasteiger partial charge in [0.15, 0.2) is 23.0 Å². The molecule has 0 bridgehead atoms. The van der Waals surface area contributed by atoms with Gasteiger partial charge in [-0.05, 0) is 12.1 Å². The van der Waals surface area contributed by atoms with Gasteiger partial charge in [0.1, 0.15) is 11.9 Å². The zero-order valence-corrected chi connectivity index (χ0v) is 14.0. The van der Waals surface area contributed by atoms with Gasteiger partial charge in [0, 0.05) is 17.2 Å². The van der Waals surface area contributed by atoms with Crippen LogP contribution in [-0.4, -0.2) is 38.1 Å². The number of aromatic hydroxyl groups is 2. The lowest BCUT2D eigenvalue weighted by atomic mass is 9.89. The Kier molecular flexibility index (Phi) is 3.45. The lowest BCUT2D eigenvalue weighted by molar-refractivity contribution is 0.136. The number of ether oxygens (including phenoxy) is 5. The maximum Gasteiger partial charge on any atom is 0.207 e. The summed E-state index contributed by atoms with van der Waals surface area (Å²) in [6, 6.07) is 4.84. The van der Waals surface area contributed by atoms with Crippen molar-refractivity contribution in [1.82, 2.24) is 0 Å². The van der Waals surface area contributed by atoms with E-state index in [0.717, 1.165) is 5.56 Å². The molecule has 4 rings (SSSR count). The van der Waals surface area contributed by atoms with Crippen LogP contribution in [0.15, 0.2) is 18.2 Å². The zero-order valence-electron chi connectivity index (χ0n) is 14.0. The Balaban J connectivity index is 1.84. The largest absolute Gasteiger partial charge is 0.504 e. The SMILES string of the molecule is COc1cc2c(cc1O)C1Oc3c(cc(O)c(OC)c3OC)C1CO2. The van der Waals surface area contributed by atoms with E-state index in [1.54, 1.807) is 18.2 Å². The van der Waals surface area contributed by atoms with E-state index in [2.05, 4.69) is 0 Å². The van der Waals surface area contributed by atoms with Gasteiger partial charge in [0.05, 0.1) is 33.9 Å². The number of hydrogen-bond donors (Lipinski definition) is 2. The summed E-state index contributed by atoms with van der Waals surface area (Å²) < 4.78 is 27.7. The van der Waals surface area contributed by atoms with Gasteiger partial charge in [-0.15, -0.1) is 0 Å². The molecule has 25 heavy (non-hydrogen) atoms. The highest BCUT2D eigenvalue weighted by atomic mass is 16.6. The number of benzene rings is 2. The molecule has 2 aromatic rings. The summed E-state index contributed by atoms with van der Waals surface area (Å²) in [7, 11) is 4.42. The number of phenolic OH excluding ortho intramolecular Hbond substituents is 2. The maximum absolute atomic E-state index is 10.2. The highest BCUT2D eigenvalue weighted by Crippen LogP contribution is 2.59. The monoisotopic (exact) mass is 346 g/mol. The van der Waals surface area contributed by atoms with Crippen LogP contribution >= 0.6 is 0 Å². The molecule has 7 heteroatoms. The first-order chi connectivity index (χ1) is 12.1. The first-order valence-corrected chi connectivity index (χ1v) is 7.77. The zero-order chi connectivity index (χ0) is 17.7. The molecule has 0 spiro atoms. The second kappa shape index (κ2) is 5.54. The van der Waals surface area contributed by atoms with Gasteiger partial charge >= 0.3 is 0 Å². The molecule has 2 aliphatic heterocycles. The van der Waals surface area contributed by atoms with Crippen LogP contribution < -0.4 is 23.7 Å². The maximum atomic E-state index is 10.2. The lowest BCUT2D eigenvalue weighted by Gasteiger charge is -2.28. The van der Waals surface area contributed by atoms with Gasteiger partial charge < -0.3 is 33.9 Å². The van der Waals surface area contributed by atoms with Crippen LogP contribution in [-0.2, 0) is 0 Å². The molecule has 132 valence electrons. The Bertz CT molecular complexity index is 846. The van der Waals surface area contributed by atoms with Crippen molar-refractivity contribution in [3.8, 4) is 40.2 Å². The van der Waals surface area contributed by atoms with Gasteiger partial charge in [-0.1, -0.05) is 0 Å². The van der Waals surface area contributed by atoms with Crippen LogP contribution in [0.1, 0.15) is 23.1 Å². The summed E-state index contributed by atoms with van der Waals surface area (Å²) in [5, 5.41) is 20.3. The van der Waals surface area contributed by atoms with Crippen LogP contribution in [0.5, 0.6) is 40.2 Å². The summed E-state index contributed by atoms with van der Waals surface area (Å²) in [4.78, 5) is 0. The van der Waals surface area contributed by atoms with Crippen LogP contribution in [0.2, 0.25) is 0 Å². The normalized spacial score (nSPS) is 19.8. The Morgan fingerprint density at radius 3 is 2.32 bits per heavy atom. The molecular formula is C18H18O7. The van der Waals surface area contributed by atoms with Crippen molar-refractivity contribution < 1.29 is 33.9 Å². The number of fused-ring (bicyclic) bond motifs is 5. The number of hydrogen-bond acceptors (Lipinski definition) is 7. The van der Waals surface area contributed by atoms with E-state index >= 15 is 0 Å². The predicted octanol–water partition coefficient (Wildman–Crippen LogP) is 2.73. The molecule has 2 aliphatic rings. The van der Waals surface area contributed by atoms with Crippen LogP contribution in [0, 0.1) is 0 Å². The minimum absolute atomic E-state index is 0.0115. The second-order valence-electron chi connectivity index (χ2n) is 5.90. The summed E-state index contributed by atoms with van der Waals surface area (Å²) in [6.45, 7) is 0.369. The molecule has 2 atom stereocenters. The van der Waals surface area contributed by atoms with Crippen LogP contribution in [0.25, 0.3) is 0 Å². The lowest BCUT2D eigenvalue weighted by Crippen LogP contribution is -2.23. The minimum atomic E-state index is -0.365. The molecule has 2 N–H and O–H groups in total. The van der Waals surface area contributed by atoms with Crippen molar-refractivity contribution in [2.45, 2.75) is 12.0 Å². The summed E-state index contributed by atoms with van der Waals surface area (Å²) in [5.41, 5.74) is 1.49. The molecule has 2 heterocycles. The fourth-order valence-corrected chi connectivity index (χ4v) is 3.49. The predicted molar refractivity (Wildman–Crippen MR) is 87.5 cm³/mol. The summed E-state index contributed by atoms with van der Waals surface area (Å²) in [6.07, 6.45) is -0.365. The third kappa shape index (κ3) is 2.12. The van der Waals surface area contributed by atoms with E-state index in [1.807, 2.05) is 0 Å². The van der Waals surface area contributed by atoms with Crippen molar-refractivity contribution >= 4 is 0 Å². The van der Waals surface area contributed by atoms with E-state index < -0.39 is 0 Å². The molecule has 2 unspecified atom stereocenters. The van der Waals surface area contributed by atoms with E-state index in [1.165, 1.54) is 21.3 Å². The highest BCUT2D eigenvalue weighted by molar-refractivity contribution is 5.66. The number of methoxy groups -OCH3 is 3. The molecule has 0 saturated carbocycles. The van der Waals surface area contributed by atoms with E-state index in [9.17, 15) is 10.2 Å². The van der Waals surface area contributed by atoms with E-state index in [0.29, 0.717) is 35.2 Å². The van der Waals surface area contributed by atoms with Crippen LogP contribution in [0.3, 0.4) is 0 Å². The smallest absolute Gasteiger partial charge is 0.207 e. The Morgan fingerprint density at radius 2 is 1.64 bits per heavy atom. The molecule has 0 aromatic heterocycles. The first kappa shape index (κ1) is 15.6. The van der Waals surface area contributed by atoms with Gasteiger partial charge in [-0.2, -0.15) is 0 Å². The van der Waals surface area contributed by atoms with Crippen LogP contribution in [0.4, 0.5) is 0 Å². The van der Waals surface area contributed by atoms with Gasteiger partial charge in [0.25, 0.3) is 0 Å². The first-order valence-electron chi connectivity index (χ1n) is 7.77. The quantitative estimate of drug-likeness (QED) is 0.883. The fraction of sp³-hybridized carbons (Fsp3) is 0.333. The van der Waals surface area contributed by atoms with Gasteiger partial charge in [-0.3, -0.25) is 0 Å². The standard InChI is InChI=1S/C18H18O7/c1-21-14-6-13-9(5-11(14)19)15-10(7-24-13)8-4-12(20)17(22-2)18(23-3)16(8)25-15/h4-6,10,15,19-20H,7H2,1-3H3. The third-order valence-electron chi connectivity index (χ3n) is 4.65. The van der Waals surface area contributed by atoms with Crippen molar-refractivity contribution in [2.24, 2.45) is 0 Å². The average Bonchev–Trinajstić information content (AvgIpc) is 2.98. The molecular weight excluding hydrogens is 328 g/mol.